The number of imidazole rings is 1. The van der Waals surface area contributed by atoms with E-state index in [1.165, 1.54) is 18.4 Å². The third kappa shape index (κ3) is 2.25. The average Bonchev–Trinajstić information content (AvgIpc) is 3.27. The highest BCUT2D eigenvalue weighted by Crippen LogP contribution is 2.49. The Kier molecular flexibility index (Phi) is 3.09. The molecule has 1 saturated carbocycles. The van der Waals surface area contributed by atoms with Gasteiger partial charge in [-0.25, -0.2) is 4.98 Å². The van der Waals surface area contributed by atoms with Crippen molar-refractivity contribution in [3.05, 3.63) is 66.0 Å². The number of anilines is 1. The van der Waals surface area contributed by atoms with Crippen molar-refractivity contribution in [3.63, 3.8) is 0 Å². The molecule has 0 atom stereocenters. The molecule has 4 nitrogen and oxygen atoms in total. The average molecular weight is 302 g/mol. The molecule has 1 aliphatic rings. The first-order chi connectivity index (χ1) is 11.2. The molecule has 0 aliphatic heterocycles. The third-order valence-electron chi connectivity index (χ3n) is 4.76. The van der Waals surface area contributed by atoms with Crippen molar-refractivity contribution >= 4 is 11.5 Å². The highest BCUT2D eigenvalue weighted by molar-refractivity contribution is 5.60. The van der Waals surface area contributed by atoms with E-state index in [2.05, 4.69) is 46.3 Å². The summed E-state index contributed by atoms with van der Waals surface area (Å²) in [6.07, 6.45) is 4.27. The molecule has 3 aromatic rings. The minimum Gasteiger partial charge on any atom is -0.356 e. The molecule has 1 aromatic carbocycles. The van der Waals surface area contributed by atoms with Crippen molar-refractivity contribution in [2.45, 2.75) is 18.3 Å². The van der Waals surface area contributed by atoms with Gasteiger partial charge >= 0.3 is 0 Å². The summed E-state index contributed by atoms with van der Waals surface area (Å²) in [5.74, 6) is 0.765. The van der Waals surface area contributed by atoms with Crippen LogP contribution in [0.4, 0.5) is 5.82 Å². The highest BCUT2D eigenvalue weighted by Gasteiger charge is 2.45. The Balaban J connectivity index is 1.68. The number of likely N-dealkylation sites (N-methyl/N-ethyl adjacent to an activating group) is 1. The molecular weight excluding hydrogens is 284 g/mol. The molecule has 0 amide bonds. The van der Waals surface area contributed by atoms with Crippen LogP contribution in [0.2, 0.25) is 0 Å². The largest absolute Gasteiger partial charge is 0.356 e. The number of pyridine rings is 1. The van der Waals surface area contributed by atoms with Gasteiger partial charge in [-0.3, -0.25) is 4.40 Å². The SMILES string of the molecule is CN(CC1(c2ccccc2)CC1)c1nc2ccccn2c1C#N. The van der Waals surface area contributed by atoms with Gasteiger partial charge in [-0.1, -0.05) is 36.4 Å². The summed E-state index contributed by atoms with van der Waals surface area (Å²) >= 11 is 0. The van der Waals surface area contributed by atoms with Gasteiger partial charge in [0.05, 0.1) is 0 Å². The number of rotatable bonds is 4. The molecule has 0 N–H and O–H groups in total. The number of benzene rings is 1. The Morgan fingerprint density at radius 2 is 1.91 bits per heavy atom. The van der Waals surface area contributed by atoms with E-state index in [0.29, 0.717) is 5.69 Å². The van der Waals surface area contributed by atoms with Crippen LogP contribution in [0.25, 0.3) is 5.65 Å². The van der Waals surface area contributed by atoms with Crippen molar-refractivity contribution in [1.29, 1.82) is 5.26 Å². The lowest BCUT2D eigenvalue weighted by atomic mass is 9.95. The number of aromatic nitrogens is 2. The summed E-state index contributed by atoms with van der Waals surface area (Å²) in [6.45, 7) is 0.884. The van der Waals surface area contributed by atoms with Gasteiger partial charge in [0.1, 0.15) is 11.7 Å². The molecule has 2 aromatic heterocycles. The maximum Gasteiger partial charge on any atom is 0.169 e. The predicted molar refractivity (Wildman–Crippen MR) is 90.5 cm³/mol. The van der Waals surface area contributed by atoms with Crippen LogP contribution in [-0.4, -0.2) is 23.0 Å². The molecule has 1 aliphatic carbocycles. The van der Waals surface area contributed by atoms with Crippen LogP contribution in [-0.2, 0) is 5.41 Å². The minimum absolute atomic E-state index is 0.207. The second kappa shape index (κ2) is 5.13. The number of nitriles is 1. The van der Waals surface area contributed by atoms with Gasteiger partial charge in [-0.2, -0.15) is 5.26 Å². The highest BCUT2D eigenvalue weighted by atomic mass is 15.2. The Hall–Kier alpha value is -2.80. The van der Waals surface area contributed by atoms with Crippen molar-refractivity contribution < 1.29 is 0 Å². The Morgan fingerprint density at radius 1 is 1.17 bits per heavy atom. The first-order valence-corrected chi connectivity index (χ1v) is 7.87. The summed E-state index contributed by atoms with van der Waals surface area (Å²) in [5.41, 5.74) is 3.01. The van der Waals surface area contributed by atoms with Gasteiger partial charge in [-0.05, 0) is 30.5 Å². The number of nitrogens with zero attached hydrogens (tertiary/aromatic N) is 4. The number of hydrogen-bond donors (Lipinski definition) is 0. The Morgan fingerprint density at radius 3 is 2.61 bits per heavy atom. The molecule has 4 rings (SSSR count). The maximum absolute atomic E-state index is 9.55. The van der Waals surface area contributed by atoms with Crippen LogP contribution in [0.5, 0.6) is 0 Å². The second-order valence-corrected chi connectivity index (χ2v) is 6.33. The number of hydrogen-bond acceptors (Lipinski definition) is 3. The normalized spacial score (nSPS) is 15.3. The van der Waals surface area contributed by atoms with Gasteiger partial charge in [0.15, 0.2) is 11.5 Å². The molecule has 0 unspecified atom stereocenters. The summed E-state index contributed by atoms with van der Waals surface area (Å²) in [7, 11) is 2.03. The molecule has 2 heterocycles. The quantitative estimate of drug-likeness (QED) is 0.742. The van der Waals surface area contributed by atoms with E-state index in [1.807, 2.05) is 35.8 Å². The number of fused-ring (bicyclic) bond motifs is 1. The predicted octanol–water partition coefficient (Wildman–Crippen LogP) is 3.37. The summed E-state index contributed by atoms with van der Waals surface area (Å²) in [6, 6.07) is 18.8. The van der Waals surface area contributed by atoms with Crippen molar-refractivity contribution in [1.82, 2.24) is 9.38 Å². The van der Waals surface area contributed by atoms with E-state index in [9.17, 15) is 5.26 Å². The van der Waals surface area contributed by atoms with Gasteiger partial charge < -0.3 is 4.90 Å². The maximum atomic E-state index is 9.55. The molecule has 1 fully saturated rings. The van der Waals surface area contributed by atoms with Crippen LogP contribution in [0.1, 0.15) is 24.1 Å². The molecule has 0 bridgehead atoms. The van der Waals surface area contributed by atoms with Crippen LogP contribution in [0.15, 0.2) is 54.7 Å². The summed E-state index contributed by atoms with van der Waals surface area (Å²) < 4.78 is 1.86. The molecule has 0 saturated heterocycles. The smallest absolute Gasteiger partial charge is 0.169 e. The van der Waals surface area contributed by atoms with E-state index in [4.69, 9.17) is 0 Å². The lowest BCUT2D eigenvalue weighted by Crippen LogP contribution is -2.30. The van der Waals surface area contributed by atoms with Crippen LogP contribution >= 0.6 is 0 Å². The second-order valence-electron chi connectivity index (χ2n) is 6.33. The molecule has 0 radical (unpaired) electrons. The molecule has 23 heavy (non-hydrogen) atoms. The lowest BCUT2D eigenvalue weighted by Gasteiger charge is -2.24. The fraction of sp³-hybridized carbons (Fsp3) is 0.263. The van der Waals surface area contributed by atoms with Gasteiger partial charge in [0.25, 0.3) is 0 Å². The first kappa shape index (κ1) is 13.8. The fourth-order valence-corrected chi connectivity index (χ4v) is 3.36. The van der Waals surface area contributed by atoms with Crippen molar-refractivity contribution in [2.75, 3.05) is 18.5 Å². The van der Waals surface area contributed by atoms with E-state index >= 15 is 0 Å². The molecule has 4 heteroatoms. The van der Waals surface area contributed by atoms with Gasteiger partial charge in [0, 0.05) is 25.2 Å². The zero-order valence-electron chi connectivity index (χ0n) is 13.1. The van der Waals surface area contributed by atoms with Crippen LogP contribution in [0.3, 0.4) is 0 Å². The zero-order valence-corrected chi connectivity index (χ0v) is 13.1. The van der Waals surface area contributed by atoms with Crippen molar-refractivity contribution in [3.8, 4) is 6.07 Å². The zero-order chi connectivity index (χ0) is 15.9. The minimum atomic E-state index is 0.207. The summed E-state index contributed by atoms with van der Waals surface area (Å²) in [5, 5.41) is 9.55. The monoisotopic (exact) mass is 302 g/mol. The molecule has 0 spiro atoms. The summed E-state index contributed by atoms with van der Waals surface area (Å²) in [4.78, 5) is 6.79. The van der Waals surface area contributed by atoms with E-state index in [0.717, 1.165) is 18.0 Å². The topological polar surface area (TPSA) is 44.3 Å². The lowest BCUT2D eigenvalue weighted by molar-refractivity contribution is 0.669. The van der Waals surface area contributed by atoms with Gasteiger partial charge in [-0.15, -0.1) is 0 Å². The van der Waals surface area contributed by atoms with Crippen LogP contribution < -0.4 is 4.90 Å². The van der Waals surface area contributed by atoms with Crippen molar-refractivity contribution in [2.24, 2.45) is 0 Å². The van der Waals surface area contributed by atoms with E-state index in [-0.39, 0.29) is 5.41 Å². The van der Waals surface area contributed by atoms with E-state index < -0.39 is 0 Å². The fourth-order valence-electron chi connectivity index (χ4n) is 3.36. The molecular formula is C19H18N4. The Bertz CT molecular complexity index is 885. The molecule has 114 valence electrons. The van der Waals surface area contributed by atoms with Crippen LogP contribution in [0, 0.1) is 11.3 Å². The first-order valence-electron chi connectivity index (χ1n) is 7.87. The standard InChI is InChI=1S/C19H18N4/c1-22(14-19(10-11-19)15-7-3-2-4-8-15)18-16(13-20)23-12-6-5-9-17(23)21-18/h2-9,12H,10-11,14H2,1H3. The third-order valence-corrected chi connectivity index (χ3v) is 4.76. The van der Waals surface area contributed by atoms with Gasteiger partial charge in [0.2, 0.25) is 0 Å². The Labute approximate surface area is 135 Å². The van der Waals surface area contributed by atoms with E-state index in [1.54, 1.807) is 0 Å².